The molecule has 5 bridgehead atoms. The molecule has 5 aromatic rings. The fraction of sp³-hybridized carbons (Fsp3) is 0.435. The van der Waals surface area contributed by atoms with Gasteiger partial charge in [0.05, 0.1) is 31.8 Å². The normalized spacial score (nSPS) is 25.2. The van der Waals surface area contributed by atoms with Crippen LogP contribution in [-0.2, 0) is 49.7 Å². The zero-order chi connectivity index (χ0) is 50.6. The predicted molar refractivity (Wildman–Crippen MR) is 277 cm³/mol. The maximum Gasteiger partial charge on any atom is 0.340 e. The van der Waals surface area contributed by atoms with E-state index >= 15 is 9.59 Å². The van der Waals surface area contributed by atoms with E-state index in [4.69, 9.17) is 23.4 Å². The summed E-state index contributed by atoms with van der Waals surface area (Å²) in [5, 5.41) is 32.1. The first kappa shape index (κ1) is 50.3. The molecule has 0 unspecified atom stereocenters. The van der Waals surface area contributed by atoms with Gasteiger partial charge in [-0.2, -0.15) is 0 Å². The fourth-order valence-electron chi connectivity index (χ4n) is 12.7. The van der Waals surface area contributed by atoms with E-state index < -0.39 is 47.9 Å². The fourth-order valence-corrected chi connectivity index (χ4v) is 12.7. The Morgan fingerprint density at radius 3 is 2.48 bits per heavy atom. The molecule has 11 nitrogen and oxygen atoms in total. The smallest absolute Gasteiger partial charge is 0.340 e. The molecule has 0 saturated heterocycles. The first-order valence-electron chi connectivity index (χ1n) is 26.2. The lowest BCUT2D eigenvalue weighted by Gasteiger charge is -2.51. The van der Waals surface area contributed by atoms with Crippen molar-refractivity contribution < 1.29 is 48.3 Å². The Hall–Kier alpha value is -6.29. The summed E-state index contributed by atoms with van der Waals surface area (Å²) in [7, 11) is 1.51. The summed E-state index contributed by atoms with van der Waals surface area (Å²) < 4.78 is 33.1. The van der Waals surface area contributed by atoms with Gasteiger partial charge in [-0.1, -0.05) is 116 Å². The van der Waals surface area contributed by atoms with Gasteiger partial charge in [0.15, 0.2) is 17.8 Å². The SMILES string of the molecule is COC[C@@H](CCO)c1c(CO)c2ccc3c(c2oc1=O)[C@H]1OC(=O)C[C@@H]2C[C@@H](c4cccc(Cc5ccccc5)c4)C=C[C@H]2c2ccc4cc2CC#CC[C@@](C2CCCCC2)(O3)[C@H]1OC(=O)/C(=C(/C)CO)CC4. The van der Waals surface area contributed by atoms with Crippen molar-refractivity contribution in [1.29, 1.82) is 0 Å². The summed E-state index contributed by atoms with van der Waals surface area (Å²) in [6, 6.07) is 29.1. The van der Waals surface area contributed by atoms with Gasteiger partial charge >= 0.3 is 17.6 Å². The van der Waals surface area contributed by atoms with Gasteiger partial charge < -0.3 is 38.7 Å². The van der Waals surface area contributed by atoms with Crippen LogP contribution in [0.3, 0.4) is 0 Å². The Morgan fingerprint density at radius 1 is 0.877 bits per heavy atom. The monoisotopic (exact) mass is 986 g/mol. The molecule has 7 atom stereocenters. The van der Waals surface area contributed by atoms with Gasteiger partial charge in [-0.3, -0.25) is 4.79 Å². The summed E-state index contributed by atoms with van der Waals surface area (Å²) in [4.78, 5) is 45.0. The molecule has 380 valence electrons. The third-order valence-corrected chi connectivity index (χ3v) is 16.4. The number of fused-ring (bicyclic) bond motifs is 9. The van der Waals surface area contributed by atoms with E-state index in [1.807, 2.05) is 6.07 Å². The van der Waals surface area contributed by atoms with E-state index in [0.29, 0.717) is 41.5 Å². The highest BCUT2D eigenvalue weighted by Crippen LogP contribution is 2.54. The Morgan fingerprint density at radius 2 is 1.70 bits per heavy atom. The molecular weight excluding hydrogens is 921 g/mol. The number of aliphatic hydroxyl groups excluding tert-OH is 3. The third-order valence-electron chi connectivity index (χ3n) is 16.4. The number of hydrogen-bond donors (Lipinski definition) is 3. The maximum atomic E-state index is 15.4. The number of esters is 2. The quantitative estimate of drug-likeness (QED) is 0.0380. The lowest BCUT2D eigenvalue weighted by atomic mass is 9.68. The average Bonchev–Trinajstić information content (AvgIpc) is 3.40. The van der Waals surface area contributed by atoms with Crippen molar-refractivity contribution in [3.8, 4) is 17.6 Å². The van der Waals surface area contributed by atoms with E-state index in [1.165, 1.54) is 18.2 Å². The van der Waals surface area contributed by atoms with Crippen molar-refractivity contribution in [2.45, 2.75) is 133 Å². The standard InChI is InChI=1S/C62H66O11/c1-38(35-64)48-22-19-40-20-23-49-44(31-40)15-9-10-28-62(47-17-7-4-8-18-47)59(72-60(48)67)58(56-53(73-62)26-25-51-52(36-65)55(61(68)71-57(51)56)45(27-29-63)37-69-2)70-54(66)34-46-33-43(21-24-50(46)49)42-16-11-14-41(32-42)30-39-12-5-3-6-13-39/h3,5-6,11-14,16,20-21,23-26,31-32,43,45-47,50,58-59,63-65H,4,7-8,15,17-19,22,27-30,33-37H2,1-2H3/b48-38-/t43-,45+,46-,50+,58+,59-,62-/m0/s1. The average molecular weight is 987 g/mol. The van der Waals surface area contributed by atoms with Gasteiger partial charge in [0.1, 0.15) is 11.3 Å². The van der Waals surface area contributed by atoms with E-state index in [2.05, 4.69) is 90.7 Å². The minimum absolute atomic E-state index is 0.00489. The number of allylic oxidation sites excluding steroid dienone is 2. The van der Waals surface area contributed by atoms with Crippen molar-refractivity contribution in [2.24, 2.45) is 11.8 Å². The van der Waals surface area contributed by atoms with E-state index in [1.54, 1.807) is 19.1 Å². The van der Waals surface area contributed by atoms with E-state index in [9.17, 15) is 20.1 Å². The highest BCUT2D eigenvalue weighted by molar-refractivity contribution is 5.90. The second-order valence-corrected chi connectivity index (χ2v) is 20.9. The summed E-state index contributed by atoms with van der Waals surface area (Å²) in [5.74, 6) is 5.04. The van der Waals surface area contributed by atoms with Crippen LogP contribution in [0.4, 0.5) is 0 Å². The number of rotatable bonds is 11. The molecule has 5 aliphatic rings. The molecule has 4 aromatic carbocycles. The van der Waals surface area contributed by atoms with Crippen molar-refractivity contribution in [1.82, 2.24) is 0 Å². The Balaban J connectivity index is 1.17. The molecule has 2 aliphatic carbocycles. The molecule has 1 saturated carbocycles. The number of aryl methyl sites for hydroxylation is 1. The molecule has 11 heteroatoms. The molecule has 73 heavy (non-hydrogen) atoms. The van der Waals surface area contributed by atoms with Crippen LogP contribution in [0.15, 0.2) is 117 Å². The second-order valence-electron chi connectivity index (χ2n) is 20.9. The number of ether oxygens (including phenoxy) is 4. The van der Waals surface area contributed by atoms with E-state index in [0.717, 1.165) is 60.8 Å². The predicted octanol–water partition coefficient (Wildman–Crippen LogP) is 9.93. The van der Waals surface area contributed by atoms with Crippen LogP contribution in [-0.4, -0.2) is 65.9 Å². The van der Waals surface area contributed by atoms with Crippen molar-refractivity contribution in [2.75, 3.05) is 26.9 Å². The van der Waals surface area contributed by atoms with Gasteiger partial charge in [0.2, 0.25) is 0 Å². The summed E-state index contributed by atoms with van der Waals surface area (Å²) >= 11 is 0. The summed E-state index contributed by atoms with van der Waals surface area (Å²) in [6.45, 7) is 0.670. The van der Waals surface area contributed by atoms with Crippen LogP contribution >= 0.6 is 0 Å². The highest BCUT2D eigenvalue weighted by atomic mass is 16.6. The van der Waals surface area contributed by atoms with Crippen molar-refractivity contribution in [3.63, 3.8) is 0 Å². The molecule has 3 aliphatic heterocycles. The van der Waals surface area contributed by atoms with Gasteiger partial charge in [-0.25, -0.2) is 9.59 Å². The van der Waals surface area contributed by atoms with Crippen LogP contribution < -0.4 is 10.4 Å². The molecule has 0 spiro atoms. The molecule has 4 heterocycles. The van der Waals surface area contributed by atoms with Crippen LogP contribution in [0.25, 0.3) is 11.0 Å². The Bertz CT molecular complexity index is 3030. The van der Waals surface area contributed by atoms with Crippen LogP contribution in [0.1, 0.15) is 145 Å². The first-order chi connectivity index (χ1) is 35.6. The molecular formula is C62H66O11. The van der Waals surface area contributed by atoms with Crippen LogP contribution in [0.2, 0.25) is 0 Å². The number of carbonyl (C=O) groups excluding carboxylic acids is 2. The Labute approximate surface area is 427 Å². The first-order valence-corrected chi connectivity index (χ1v) is 26.2. The minimum Gasteiger partial charge on any atom is -0.481 e. The van der Waals surface area contributed by atoms with Crippen molar-refractivity contribution >= 4 is 22.9 Å². The highest BCUT2D eigenvalue weighted by Gasteiger charge is 2.59. The molecule has 0 radical (unpaired) electrons. The lowest BCUT2D eigenvalue weighted by molar-refractivity contribution is -0.204. The molecule has 0 amide bonds. The maximum absolute atomic E-state index is 15.4. The van der Waals surface area contributed by atoms with Crippen LogP contribution in [0, 0.1) is 23.7 Å². The number of methoxy groups -OCH3 is 1. The van der Waals surface area contributed by atoms with Gasteiger partial charge in [0.25, 0.3) is 0 Å². The zero-order valence-electron chi connectivity index (χ0n) is 41.9. The van der Waals surface area contributed by atoms with E-state index in [-0.39, 0.29) is 91.4 Å². The van der Waals surface area contributed by atoms with Gasteiger partial charge in [-0.05, 0) is 114 Å². The Kier molecular flexibility index (Phi) is 15.2. The topological polar surface area (TPSA) is 162 Å². The molecule has 1 aromatic heterocycles. The van der Waals surface area contributed by atoms with Crippen LogP contribution in [0.5, 0.6) is 5.75 Å². The lowest BCUT2D eigenvalue weighted by Crippen LogP contribution is -2.60. The van der Waals surface area contributed by atoms with Crippen molar-refractivity contribution in [3.05, 3.63) is 169 Å². The number of carbonyl (C=O) groups is 2. The summed E-state index contributed by atoms with van der Waals surface area (Å²) in [6.07, 6.45) is 9.21. The third kappa shape index (κ3) is 10.1. The van der Waals surface area contributed by atoms with Gasteiger partial charge in [0, 0.05) is 66.8 Å². The minimum atomic E-state index is -1.36. The molecule has 10 rings (SSSR count). The number of hydrogen-bond acceptors (Lipinski definition) is 11. The van der Waals surface area contributed by atoms with Gasteiger partial charge in [-0.15, -0.1) is 0 Å². The zero-order valence-corrected chi connectivity index (χ0v) is 41.9. The molecule has 1 fully saturated rings. The number of benzene rings is 4. The molecule has 3 N–H and O–H groups in total. The second kappa shape index (κ2) is 22.0. The number of aliphatic hydroxyl groups is 3. The summed E-state index contributed by atoms with van der Waals surface area (Å²) in [5.41, 5.74) is 6.18. The largest absolute Gasteiger partial charge is 0.481 e.